The third-order valence-corrected chi connectivity index (χ3v) is 5.47. The van der Waals surface area contributed by atoms with E-state index in [2.05, 4.69) is 25.4 Å². The molecule has 1 saturated heterocycles. The van der Waals surface area contributed by atoms with E-state index < -0.39 is 0 Å². The van der Waals surface area contributed by atoms with Gasteiger partial charge in [-0.15, -0.1) is 0 Å². The van der Waals surface area contributed by atoms with Gasteiger partial charge in [-0.3, -0.25) is 9.36 Å². The lowest BCUT2D eigenvalue weighted by Gasteiger charge is -2.26. The highest BCUT2D eigenvalue weighted by Crippen LogP contribution is 2.31. The molecule has 1 aromatic carbocycles. The molecule has 0 saturated carbocycles. The van der Waals surface area contributed by atoms with Crippen LogP contribution in [-0.2, 0) is 11.3 Å². The van der Waals surface area contributed by atoms with Crippen molar-refractivity contribution in [3.63, 3.8) is 0 Å². The maximum absolute atomic E-state index is 13.3. The van der Waals surface area contributed by atoms with Gasteiger partial charge in [-0.05, 0) is 19.1 Å². The molecule has 1 N–H and O–H groups in total. The Bertz CT molecular complexity index is 1340. The van der Waals surface area contributed by atoms with Crippen LogP contribution in [0.15, 0.2) is 39.8 Å². The largest absolute Gasteiger partial charge is 0.377 e. The van der Waals surface area contributed by atoms with Gasteiger partial charge in [0.1, 0.15) is 5.65 Å². The van der Waals surface area contributed by atoms with E-state index in [1.807, 2.05) is 13.0 Å². The first-order chi connectivity index (χ1) is 15.0. The van der Waals surface area contributed by atoms with Gasteiger partial charge in [0.25, 0.3) is 5.56 Å². The number of halogens is 1. The van der Waals surface area contributed by atoms with Crippen molar-refractivity contribution in [1.29, 1.82) is 0 Å². The van der Waals surface area contributed by atoms with Gasteiger partial charge in [0.05, 0.1) is 19.3 Å². The first kappa shape index (κ1) is 19.7. The van der Waals surface area contributed by atoms with Gasteiger partial charge in [-0.2, -0.15) is 9.97 Å². The molecule has 31 heavy (non-hydrogen) atoms. The summed E-state index contributed by atoms with van der Waals surface area (Å²) in [4.78, 5) is 26.5. The van der Waals surface area contributed by atoms with Crippen molar-refractivity contribution in [3.8, 4) is 22.5 Å². The van der Waals surface area contributed by atoms with Crippen LogP contribution in [0.5, 0.6) is 0 Å². The zero-order valence-corrected chi connectivity index (χ0v) is 17.7. The number of fused-ring (bicyclic) bond motifs is 1. The summed E-state index contributed by atoms with van der Waals surface area (Å²) in [5.41, 5.74) is 2.21. The van der Waals surface area contributed by atoms with Crippen molar-refractivity contribution in [2.45, 2.75) is 26.4 Å². The van der Waals surface area contributed by atoms with Crippen molar-refractivity contribution < 1.29 is 9.26 Å². The van der Waals surface area contributed by atoms with E-state index >= 15 is 0 Å². The molecule has 5 rings (SSSR count). The summed E-state index contributed by atoms with van der Waals surface area (Å²) in [6, 6.07) is 7.30. The first-order valence-electron chi connectivity index (χ1n) is 9.89. The van der Waals surface area contributed by atoms with E-state index in [-0.39, 0.29) is 11.6 Å². The van der Waals surface area contributed by atoms with Gasteiger partial charge in [-0.25, -0.2) is 4.98 Å². The van der Waals surface area contributed by atoms with Crippen molar-refractivity contribution in [1.82, 2.24) is 24.7 Å². The van der Waals surface area contributed by atoms with Gasteiger partial charge in [-0.1, -0.05) is 28.9 Å². The van der Waals surface area contributed by atoms with E-state index in [9.17, 15) is 4.79 Å². The lowest BCUT2D eigenvalue weighted by atomic mass is 10.0. The van der Waals surface area contributed by atoms with Crippen LogP contribution >= 0.6 is 11.6 Å². The molecule has 0 amide bonds. The van der Waals surface area contributed by atoms with E-state index in [0.717, 1.165) is 5.39 Å². The van der Waals surface area contributed by atoms with Crippen molar-refractivity contribution in [2.75, 3.05) is 18.5 Å². The summed E-state index contributed by atoms with van der Waals surface area (Å²) in [5, 5.41) is 8.30. The molecular weight excluding hydrogens is 420 g/mol. The summed E-state index contributed by atoms with van der Waals surface area (Å²) < 4.78 is 11.8. The van der Waals surface area contributed by atoms with Crippen LogP contribution in [0.25, 0.3) is 33.5 Å². The molecule has 0 bridgehead atoms. The molecule has 1 fully saturated rings. The lowest BCUT2D eigenvalue weighted by molar-refractivity contribution is 0.0208. The highest BCUT2D eigenvalue weighted by molar-refractivity contribution is 6.33. The minimum Gasteiger partial charge on any atom is -0.377 e. The van der Waals surface area contributed by atoms with Crippen molar-refractivity contribution in [3.05, 3.63) is 51.7 Å². The molecule has 0 radical (unpaired) electrons. The van der Waals surface area contributed by atoms with Crippen LogP contribution in [-0.4, -0.2) is 43.9 Å². The number of aryl methyl sites for hydroxylation is 2. The standard InChI is InChI=1S/C21H19ClN6O3/c1-3-28-19-13(8-23-21(26-19)25-14-9-30-10-14)6-16(20(28)29)15-5-4-12(7-17(15)22)18-24-11(2)31-27-18/h4-8,14H,3,9-10H2,1-2H3,(H,23,25,26). The number of anilines is 1. The van der Waals surface area contributed by atoms with E-state index in [0.29, 0.717) is 64.8 Å². The Morgan fingerprint density at radius 2 is 2.06 bits per heavy atom. The number of ether oxygens (including phenoxy) is 1. The maximum atomic E-state index is 13.3. The number of rotatable bonds is 5. The molecule has 0 atom stereocenters. The first-order valence-corrected chi connectivity index (χ1v) is 10.3. The monoisotopic (exact) mass is 438 g/mol. The number of pyridine rings is 1. The Morgan fingerprint density at radius 3 is 2.71 bits per heavy atom. The summed E-state index contributed by atoms with van der Waals surface area (Å²) in [7, 11) is 0. The van der Waals surface area contributed by atoms with Gasteiger partial charge < -0.3 is 14.6 Å². The number of hydrogen-bond donors (Lipinski definition) is 1. The molecule has 3 aromatic heterocycles. The Labute approximate surface area is 182 Å². The van der Waals surface area contributed by atoms with Crippen LogP contribution in [0, 0.1) is 6.92 Å². The summed E-state index contributed by atoms with van der Waals surface area (Å²) >= 11 is 6.56. The smallest absolute Gasteiger partial charge is 0.260 e. The van der Waals surface area contributed by atoms with Crippen LogP contribution in [0.4, 0.5) is 5.95 Å². The molecule has 0 spiro atoms. The molecule has 0 aliphatic carbocycles. The Morgan fingerprint density at radius 1 is 1.23 bits per heavy atom. The van der Waals surface area contributed by atoms with Crippen LogP contribution in [0.2, 0.25) is 5.02 Å². The van der Waals surface area contributed by atoms with E-state index in [1.165, 1.54) is 0 Å². The summed E-state index contributed by atoms with van der Waals surface area (Å²) in [6.45, 7) is 5.34. The Balaban J connectivity index is 1.59. The number of hydrogen-bond acceptors (Lipinski definition) is 8. The van der Waals surface area contributed by atoms with Gasteiger partial charge >= 0.3 is 0 Å². The Hall–Kier alpha value is -3.30. The fourth-order valence-corrected chi connectivity index (χ4v) is 3.79. The molecule has 0 unspecified atom stereocenters. The summed E-state index contributed by atoms with van der Waals surface area (Å²) in [5.74, 6) is 1.39. The van der Waals surface area contributed by atoms with Gasteiger partial charge in [0, 0.05) is 46.8 Å². The zero-order chi connectivity index (χ0) is 21.5. The molecule has 4 heterocycles. The van der Waals surface area contributed by atoms with Crippen LogP contribution in [0.1, 0.15) is 12.8 Å². The molecule has 10 heteroatoms. The normalized spacial score (nSPS) is 14.0. The average Bonchev–Trinajstić information content (AvgIpc) is 3.17. The van der Waals surface area contributed by atoms with E-state index in [4.69, 9.17) is 20.9 Å². The van der Waals surface area contributed by atoms with Crippen molar-refractivity contribution in [2.24, 2.45) is 0 Å². The number of nitrogens with one attached hydrogen (secondary N) is 1. The molecule has 1 aliphatic rings. The minimum absolute atomic E-state index is 0.170. The average molecular weight is 439 g/mol. The third kappa shape index (κ3) is 3.55. The second kappa shape index (κ2) is 7.75. The Kier molecular flexibility index (Phi) is 4.91. The SMILES string of the molecule is CCn1c(=O)c(-c2ccc(-c3noc(C)n3)cc2Cl)cc2cnc(NC3COC3)nc21. The predicted octanol–water partition coefficient (Wildman–Crippen LogP) is 3.30. The second-order valence-corrected chi connectivity index (χ2v) is 7.70. The zero-order valence-electron chi connectivity index (χ0n) is 16.9. The molecule has 158 valence electrons. The maximum Gasteiger partial charge on any atom is 0.260 e. The highest BCUT2D eigenvalue weighted by atomic mass is 35.5. The number of benzene rings is 1. The number of aromatic nitrogens is 5. The van der Waals surface area contributed by atoms with Crippen LogP contribution in [0.3, 0.4) is 0 Å². The minimum atomic E-state index is -0.170. The van der Waals surface area contributed by atoms with Gasteiger partial charge in [0.2, 0.25) is 17.7 Å². The predicted molar refractivity (Wildman–Crippen MR) is 116 cm³/mol. The second-order valence-electron chi connectivity index (χ2n) is 7.29. The lowest BCUT2D eigenvalue weighted by Crippen LogP contribution is -2.40. The molecule has 1 aliphatic heterocycles. The van der Waals surface area contributed by atoms with Crippen molar-refractivity contribution >= 4 is 28.6 Å². The summed E-state index contributed by atoms with van der Waals surface area (Å²) in [6.07, 6.45) is 1.71. The highest BCUT2D eigenvalue weighted by Gasteiger charge is 2.20. The topological polar surface area (TPSA) is 108 Å². The number of nitrogens with zero attached hydrogens (tertiary/aromatic N) is 5. The quantitative estimate of drug-likeness (QED) is 0.505. The molecular formula is C21H19ClN6O3. The molecule has 9 nitrogen and oxygen atoms in total. The molecule has 4 aromatic rings. The van der Waals surface area contributed by atoms with E-state index in [1.54, 1.807) is 35.9 Å². The fourth-order valence-electron chi connectivity index (χ4n) is 3.51. The van der Waals surface area contributed by atoms with Crippen LogP contribution < -0.4 is 10.9 Å². The van der Waals surface area contributed by atoms with Gasteiger partial charge in [0.15, 0.2) is 0 Å². The fraction of sp³-hybridized carbons (Fsp3) is 0.286. The third-order valence-electron chi connectivity index (χ3n) is 5.16.